The first-order valence-electron chi connectivity index (χ1n) is 5.94. The highest BCUT2D eigenvalue weighted by atomic mass is 32.2. The molecule has 1 aliphatic rings. The Labute approximate surface area is 114 Å². The number of pyridine rings is 1. The molecule has 0 aliphatic carbocycles. The Balaban J connectivity index is 2.06. The number of nitrogen functional groups attached to an aromatic ring is 1. The molecular formula is C11H14F3N3O2S. The number of halogens is 3. The van der Waals surface area contributed by atoms with Gasteiger partial charge in [-0.25, -0.2) is 13.4 Å². The molecule has 2 heterocycles. The Morgan fingerprint density at radius 1 is 1.45 bits per heavy atom. The van der Waals surface area contributed by atoms with Crippen molar-refractivity contribution in [2.45, 2.75) is 12.6 Å². The Kier molecular flexibility index (Phi) is 3.81. The summed E-state index contributed by atoms with van der Waals surface area (Å²) in [6, 6.07) is 0.832. The number of nitrogens with one attached hydrogen (secondary N) is 1. The summed E-state index contributed by atoms with van der Waals surface area (Å²) < 4.78 is 60.2. The number of sulfone groups is 1. The van der Waals surface area contributed by atoms with Gasteiger partial charge in [-0.1, -0.05) is 0 Å². The van der Waals surface area contributed by atoms with E-state index >= 15 is 0 Å². The summed E-state index contributed by atoms with van der Waals surface area (Å²) in [6.45, 7) is 0.269. The molecule has 1 aliphatic heterocycles. The topological polar surface area (TPSA) is 85.1 Å². The van der Waals surface area contributed by atoms with E-state index in [0.717, 1.165) is 12.3 Å². The normalized spacial score (nSPS) is 21.9. The zero-order chi connectivity index (χ0) is 15.0. The Morgan fingerprint density at radius 2 is 2.15 bits per heavy atom. The maximum Gasteiger partial charge on any atom is 0.433 e. The van der Waals surface area contributed by atoms with Gasteiger partial charge in [-0.15, -0.1) is 0 Å². The standard InChI is InChI=1S/C11H14F3N3O2S/c12-11(13,14)10-3-9(8(15)5-17-10)16-4-7-1-2-20(18,19)6-7/h3,5,7H,1-2,4,6,15H2,(H,16,17). The van der Waals surface area contributed by atoms with Gasteiger partial charge < -0.3 is 11.1 Å². The molecule has 2 rings (SSSR count). The maximum absolute atomic E-state index is 12.5. The Bertz CT molecular complexity index is 601. The fourth-order valence-corrected chi connectivity index (χ4v) is 3.92. The van der Waals surface area contributed by atoms with Crippen LogP contribution in [-0.2, 0) is 16.0 Å². The molecule has 0 aromatic carbocycles. The van der Waals surface area contributed by atoms with Gasteiger partial charge in [0.05, 0.1) is 29.1 Å². The minimum absolute atomic E-state index is 0.0527. The summed E-state index contributed by atoms with van der Waals surface area (Å²) >= 11 is 0. The summed E-state index contributed by atoms with van der Waals surface area (Å²) in [7, 11) is -3.00. The predicted molar refractivity (Wildman–Crippen MR) is 68.9 cm³/mol. The molecular weight excluding hydrogens is 295 g/mol. The van der Waals surface area contributed by atoms with Crippen LogP contribution in [0.1, 0.15) is 12.1 Å². The molecule has 0 amide bonds. The first kappa shape index (κ1) is 14.9. The van der Waals surface area contributed by atoms with Crippen molar-refractivity contribution in [2.24, 2.45) is 5.92 Å². The molecule has 112 valence electrons. The third-order valence-corrected chi connectivity index (χ3v) is 4.97. The van der Waals surface area contributed by atoms with Gasteiger partial charge in [0, 0.05) is 6.54 Å². The molecule has 0 spiro atoms. The second-order valence-corrected chi connectivity index (χ2v) is 7.03. The molecule has 1 saturated heterocycles. The van der Waals surface area contributed by atoms with Crippen molar-refractivity contribution in [2.75, 3.05) is 29.1 Å². The average Bonchev–Trinajstić information content (AvgIpc) is 2.66. The fraction of sp³-hybridized carbons (Fsp3) is 0.545. The molecule has 3 N–H and O–H groups in total. The van der Waals surface area contributed by atoms with Crippen molar-refractivity contribution in [3.8, 4) is 0 Å². The van der Waals surface area contributed by atoms with Crippen molar-refractivity contribution in [3.63, 3.8) is 0 Å². The summed E-state index contributed by atoms with van der Waals surface area (Å²) in [5, 5.41) is 2.78. The predicted octanol–water partition coefficient (Wildman–Crippen LogP) is 1.53. The highest BCUT2D eigenvalue weighted by Gasteiger charge is 2.33. The van der Waals surface area contributed by atoms with Gasteiger partial charge in [-0.2, -0.15) is 13.2 Å². The molecule has 20 heavy (non-hydrogen) atoms. The van der Waals surface area contributed by atoms with Crippen molar-refractivity contribution in [1.82, 2.24) is 4.98 Å². The first-order valence-corrected chi connectivity index (χ1v) is 7.76. The quantitative estimate of drug-likeness (QED) is 0.884. The molecule has 1 fully saturated rings. The van der Waals surface area contributed by atoms with Crippen molar-refractivity contribution in [1.29, 1.82) is 0 Å². The molecule has 1 unspecified atom stereocenters. The monoisotopic (exact) mass is 309 g/mol. The first-order chi connectivity index (χ1) is 9.17. The van der Waals surface area contributed by atoms with Crippen LogP contribution in [0.2, 0.25) is 0 Å². The summed E-state index contributed by atoms with van der Waals surface area (Å²) in [5.74, 6) is 0.0673. The Morgan fingerprint density at radius 3 is 2.70 bits per heavy atom. The van der Waals surface area contributed by atoms with Crippen molar-refractivity contribution >= 4 is 21.2 Å². The number of aromatic nitrogens is 1. The van der Waals surface area contributed by atoms with Crippen LogP contribution in [0.15, 0.2) is 12.3 Å². The molecule has 1 atom stereocenters. The number of nitrogens with two attached hydrogens (primary N) is 1. The highest BCUT2D eigenvalue weighted by Crippen LogP contribution is 2.31. The zero-order valence-electron chi connectivity index (χ0n) is 10.4. The van der Waals surface area contributed by atoms with Gasteiger partial charge in [0.2, 0.25) is 0 Å². The van der Waals surface area contributed by atoms with Gasteiger partial charge in [0.1, 0.15) is 5.69 Å². The van der Waals surface area contributed by atoms with Crippen molar-refractivity contribution < 1.29 is 21.6 Å². The third-order valence-electron chi connectivity index (χ3n) is 3.13. The number of hydrogen-bond donors (Lipinski definition) is 2. The largest absolute Gasteiger partial charge is 0.433 e. The SMILES string of the molecule is Nc1cnc(C(F)(F)F)cc1NCC1CCS(=O)(=O)C1. The van der Waals surface area contributed by atoms with Crippen LogP contribution in [-0.4, -0.2) is 31.5 Å². The third kappa shape index (κ3) is 3.53. The lowest BCUT2D eigenvalue weighted by Gasteiger charge is -2.14. The smallest absolute Gasteiger partial charge is 0.396 e. The highest BCUT2D eigenvalue weighted by molar-refractivity contribution is 7.91. The van der Waals surface area contributed by atoms with Gasteiger partial charge in [-0.05, 0) is 18.4 Å². The lowest BCUT2D eigenvalue weighted by molar-refractivity contribution is -0.141. The van der Waals surface area contributed by atoms with Gasteiger partial charge in [-0.3, -0.25) is 0 Å². The van der Waals surface area contributed by atoms with Gasteiger partial charge in [0.15, 0.2) is 9.84 Å². The number of hydrogen-bond acceptors (Lipinski definition) is 5. The molecule has 1 aromatic rings. The van der Waals surface area contributed by atoms with E-state index in [4.69, 9.17) is 5.73 Å². The summed E-state index contributed by atoms with van der Waals surface area (Å²) in [6.07, 6.45) is -3.09. The lowest BCUT2D eigenvalue weighted by atomic mass is 10.1. The Hall–Kier alpha value is -1.51. The van der Waals surface area contributed by atoms with E-state index in [1.165, 1.54) is 0 Å². The van der Waals surface area contributed by atoms with Gasteiger partial charge in [0.25, 0.3) is 0 Å². The van der Waals surface area contributed by atoms with E-state index in [-0.39, 0.29) is 35.3 Å². The summed E-state index contributed by atoms with van der Waals surface area (Å²) in [5.41, 5.74) is 4.74. The number of anilines is 2. The van der Waals surface area contributed by atoms with E-state index in [1.54, 1.807) is 0 Å². The van der Waals surface area contributed by atoms with Crippen LogP contribution in [0.5, 0.6) is 0 Å². The van der Waals surface area contributed by atoms with Crippen LogP contribution < -0.4 is 11.1 Å². The second kappa shape index (κ2) is 5.12. The lowest BCUT2D eigenvalue weighted by Crippen LogP contribution is -2.17. The van der Waals surface area contributed by atoms with Crippen molar-refractivity contribution in [3.05, 3.63) is 18.0 Å². The van der Waals surface area contributed by atoms with Gasteiger partial charge >= 0.3 is 6.18 Å². The fourth-order valence-electron chi connectivity index (χ4n) is 2.06. The van der Waals surface area contributed by atoms with Crippen LogP contribution >= 0.6 is 0 Å². The minimum atomic E-state index is -4.54. The molecule has 5 nitrogen and oxygen atoms in total. The van der Waals surface area contributed by atoms with E-state index in [9.17, 15) is 21.6 Å². The minimum Gasteiger partial charge on any atom is -0.396 e. The summed E-state index contributed by atoms with van der Waals surface area (Å²) in [4.78, 5) is 3.23. The average molecular weight is 309 g/mol. The molecule has 1 aromatic heterocycles. The van der Waals surface area contributed by atoms with Crippen LogP contribution in [0.25, 0.3) is 0 Å². The molecule has 0 bridgehead atoms. The van der Waals surface area contributed by atoms with E-state index in [0.29, 0.717) is 6.42 Å². The number of alkyl halides is 3. The number of rotatable bonds is 3. The number of nitrogens with zero attached hydrogens (tertiary/aromatic N) is 1. The van der Waals surface area contributed by atoms with Crippen LogP contribution in [0, 0.1) is 5.92 Å². The van der Waals surface area contributed by atoms with Crippen LogP contribution in [0.3, 0.4) is 0 Å². The van der Waals surface area contributed by atoms with Crippen LogP contribution in [0.4, 0.5) is 24.5 Å². The van der Waals surface area contributed by atoms with E-state index in [2.05, 4.69) is 10.3 Å². The molecule has 0 radical (unpaired) electrons. The van der Waals surface area contributed by atoms with E-state index in [1.807, 2.05) is 0 Å². The van der Waals surface area contributed by atoms with E-state index < -0.39 is 21.7 Å². The zero-order valence-corrected chi connectivity index (χ0v) is 11.3. The molecule has 9 heteroatoms. The maximum atomic E-state index is 12.5. The molecule has 0 saturated carbocycles. The second-order valence-electron chi connectivity index (χ2n) is 4.80.